The first-order valence-electron chi connectivity index (χ1n) is 9.84. The molecule has 3 aromatic rings. The van der Waals surface area contributed by atoms with Crippen LogP contribution in [0, 0.1) is 6.92 Å². The van der Waals surface area contributed by atoms with Gasteiger partial charge in [0.1, 0.15) is 5.76 Å². The number of nitrogens with one attached hydrogen (secondary N) is 2. The number of fused-ring (bicyclic) bond motifs is 1. The maximum atomic E-state index is 12.8. The van der Waals surface area contributed by atoms with E-state index in [1.165, 1.54) is 0 Å². The molecule has 2 amide bonds. The van der Waals surface area contributed by atoms with Gasteiger partial charge in [0.15, 0.2) is 5.76 Å². The summed E-state index contributed by atoms with van der Waals surface area (Å²) in [5, 5.41) is 8.45. The van der Waals surface area contributed by atoms with E-state index in [2.05, 4.69) is 15.8 Å². The maximum Gasteiger partial charge on any atom is 0.291 e. The van der Waals surface area contributed by atoms with E-state index in [0.717, 1.165) is 12.0 Å². The summed E-state index contributed by atoms with van der Waals surface area (Å²) in [6.45, 7) is 1.80. The Morgan fingerprint density at radius 1 is 0.938 bits per heavy atom. The average Bonchev–Trinajstić information content (AvgIpc) is 3.09. The van der Waals surface area contributed by atoms with E-state index in [1.807, 2.05) is 0 Å². The average molecular weight is 491 g/mol. The maximum absolute atomic E-state index is 12.8. The van der Waals surface area contributed by atoms with Crippen LogP contribution in [-0.2, 0) is 6.42 Å². The fraction of sp³-hybridized carbons (Fsp3) is 0.174. The Morgan fingerprint density at radius 3 is 2.31 bits per heavy atom. The highest BCUT2D eigenvalue weighted by molar-refractivity contribution is 6.35. The van der Waals surface area contributed by atoms with Gasteiger partial charge in [-0.25, -0.2) is 5.43 Å². The summed E-state index contributed by atoms with van der Waals surface area (Å²) in [4.78, 5) is 25.2. The van der Waals surface area contributed by atoms with Crippen molar-refractivity contribution in [1.29, 1.82) is 0 Å². The van der Waals surface area contributed by atoms with Crippen molar-refractivity contribution in [1.82, 2.24) is 5.43 Å². The van der Waals surface area contributed by atoms with Crippen LogP contribution >= 0.6 is 34.8 Å². The molecule has 6 nitrogen and oxygen atoms in total. The SMILES string of the molecule is Cc1c(C(=O)Nc2cc(Cl)cc(Cl)c2)oc2c1/C(=N/NC(=O)c1ccc(Cl)cc1)CCC2. The fourth-order valence-electron chi connectivity index (χ4n) is 3.59. The number of hydrogen-bond donors (Lipinski definition) is 2. The lowest BCUT2D eigenvalue weighted by Crippen LogP contribution is -2.22. The highest BCUT2D eigenvalue weighted by Gasteiger charge is 2.28. The van der Waals surface area contributed by atoms with Gasteiger partial charge < -0.3 is 9.73 Å². The van der Waals surface area contributed by atoms with Crippen LogP contribution in [0.3, 0.4) is 0 Å². The number of carbonyl (C=O) groups is 2. The summed E-state index contributed by atoms with van der Waals surface area (Å²) in [7, 11) is 0. The van der Waals surface area contributed by atoms with Crippen molar-refractivity contribution in [2.24, 2.45) is 5.10 Å². The summed E-state index contributed by atoms with van der Waals surface area (Å²) in [6.07, 6.45) is 2.12. The Bertz CT molecular complexity index is 1210. The predicted molar refractivity (Wildman–Crippen MR) is 126 cm³/mol. The zero-order valence-corrected chi connectivity index (χ0v) is 19.2. The van der Waals surface area contributed by atoms with Crippen molar-refractivity contribution < 1.29 is 14.0 Å². The minimum Gasteiger partial charge on any atom is -0.455 e. The molecule has 0 radical (unpaired) electrons. The van der Waals surface area contributed by atoms with Crippen molar-refractivity contribution in [3.8, 4) is 0 Å². The van der Waals surface area contributed by atoms with Crippen molar-refractivity contribution in [3.05, 3.63) is 85.7 Å². The normalized spacial score (nSPS) is 14.2. The second-order valence-electron chi connectivity index (χ2n) is 7.33. The first kappa shape index (κ1) is 22.4. The molecule has 0 aliphatic heterocycles. The van der Waals surface area contributed by atoms with E-state index in [4.69, 9.17) is 39.2 Å². The smallest absolute Gasteiger partial charge is 0.291 e. The fourth-order valence-corrected chi connectivity index (χ4v) is 4.25. The van der Waals surface area contributed by atoms with Gasteiger partial charge in [0.2, 0.25) is 0 Å². The van der Waals surface area contributed by atoms with Crippen LogP contribution < -0.4 is 10.7 Å². The minimum atomic E-state index is -0.417. The van der Waals surface area contributed by atoms with Gasteiger partial charge in [0.05, 0.1) is 5.71 Å². The van der Waals surface area contributed by atoms with Gasteiger partial charge in [-0.3, -0.25) is 9.59 Å². The lowest BCUT2D eigenvalue weighted by atomic mass is 9.93. The molecule has 0 saturated carbocycles. The third-order valence-corrected chi connectivity index (χ3v) is 5.74. The molecule has 4 rings (SSSR count). The third kappa shape index (κ3) is 4.83. The summed E-state index contributed by atoms with van der Waals surface area (Å²) in [5.41, 5.74) is 5.56. The summed E-state index contributed by atoms with van der Waals surface area (Å²) in [5.74, 6) is 0.0882. The largest absolute Gasteiger partial charge is 0.455 e. The molecule has 1 aliphatic carbocycles. The highest BCUT2D eigenvalue weighted by atomic mass is 35.5. The van der Waals surface area contributed by atoms with Gasteiger partial charge in [0, 0.05) is 43.9 Å². The number of carbonyl (C=O) groups excluding carboxylic acids is 2. The molecule has 1 aromatic heterocycles. The molecule has 2 N–H and O–H groups in total. The van der Waals surface area contributed by atoms with Crippen molar-refractivity contribution in [2.45, 2.75) is 26.2 Å². The molecule has 2 aromatic carbocycles. The molecule has 0 spiro atoms. The van der Waals surface area contributed by atoms with Crippen LogP contribution in [0.2, 0.25) is 15.1 Å². The number of rotatable bonds is 4. The lowest BCUT2D eigenvalue weighted by Gasteiger charge is -2.13. The quantitative estimate of drug-likeness (QED) is 0.423. The van der Waals surface area contributed by atoms with Gasteiger partial charge in [-0.15, -0.1) is 0 Å². The van der Waals surface area contributed by atoms with Crippen LogP contribution in [0.15, 0.2) is 52.0 Å². The molecule has 0 atom stereocenters. The van der Waals surface area contributed by atoms with Crippen LogP contribution in [0.5, 0.6) is 0 Å². The van der Waals surface area contributed by atoms with E-state index in [0.29, 0.717) is 56.2 Å². The second kappa shape index (κ2) is 9.36. The second-order valence-corrected chi connectivity index (χ2v) is 8.64. The summed E-state index contributed by atoms with van der Waals surface area (Å²) >= 11 is 17.9. The number of anilines is 1. The Kier molecular flexibility index (Phi) is 6.55. The lowest BCUT2D eigenvalue weighted by molar-refractivity contribution is 0.0953. The van der Waals surface area contributed by atoms with Crippen molar-refractivity contribution in [2.75, 3.05) is 5.32 Å². The molecule has 0 bridgehead atoms. The monoisotopic (exact) mass is 489 g/mol. The number of furan rings is 1. The molecule has 0 fully saturated rings. The van der Waals surface area contributed by atoms with E-state index < -0.39 is 5.91 Å². The number of aryl methyl sites for hydroxylation is 1. The zero-order chi connectivity index (χ0) is 22.8. The van der Waals surface area contributed by atoms with E-state index in [-0.39, 0.29) is 11.7 Å². The van der Waals surface area contributed by atoms with E-state index >= 15 is 0 Å². The van der Waals surface area contributed by atoms with E-state index in [9.17, 15) is 9.59 Å². The summed E-state index contributed by atoms with van der Waals surface area (Å²) < 4.78 is 5.88. The molecule has 164 valence electrons. The number of hydrogen-bond acceptors (Lipinski definition) is 4. The molecule has 32 heavy (non-hydrogen) atoms. The standard InChI is InChI=1S/C23H18Cl3N3O3/c1-12-20-18(28-29-22(30)13-5-7-14(24)8-6-13)3-2-4-19(20)32-21(12)23(31)27-17-10-15(25)9-16(26)11-17/h5-11H,2-4H2,1H3,(H,27,31)(H,29,30)/b28-18+. The van der Waals surface area contributed by atoms with Gasteiger partial charge in [0.25, 0.3) is 11.8 Å². The number of nitrogens with zero attached hydrogens (tertiary/aromatic N) is 1. The summed E-state index contributed by atoms with van der Waals surface area (Å²) in [6, 6.07) is 11.3. The molecular formula is C23H18Cl3N3O3. The molecule has 1 heterocycles. The van der Waals surface area contributed by atoms with Gasteiger partial charge in [-0.05, 0) is 62.2 Å². The zero-order valence-electron chi connectivity index (χ0n) is 17.0. The Hall–Kier alpha value is -2.80. The number of hydrazone groups is 1. The first-order chi connectivity index (χ1) is 15.3. The molecule has 0 saturated heterocycles. The highest BCUT2D eigenvalue weighted by Crippen LogP contribution is 2.31. The first-order valence-corrected chi connectivity index (χ1v) is 11.0. The van der Waals surface area contributed by atoms with E-state index in [1.54, 1.807) is 49.4 Å². The molecule has 9 heteroatoms. The Labute approximate surface area is 199 Å². The number of halogens is 3. The topological polar surface area (TPSA) is 83.7 Å². The van der Waals surface area contributed by atoms with Crippen molar-refractivity contribution in [3.63, 3.8) is 0 Å². The van der Waals surface area contributed by atoms with Gasteiger partial charge >= 0.3 is 0 Å². The predicted octanol–water partition coefficient (Wildman–Crippen LogP) is 6.27. The van der Waals surface area contributed by atoms with Crippen LogP contribution in [0.1, 0.15) is 50.6 Å². The minimum absolute atomic E-state index is 0.185. The molecule has 1 aliphatic rings. The van der Waals surface area contributed by atoms with Gasteiger partial charge in [-0.2, -0.15) is 5.10 Å². The van der Waals surface area contributed by atoms with Crippen LogP contribution in [0.4, 0.5) is 5.69 Å². The third-order valence-electron chi connectivity index (χ3n) is 5.05. The Balaban J connectivity index is 1.57. The molecule has 0 unspecified atom stereocenters. The van der Waals surface area contributed by atoms with Crippen LogP contribution in [0.25, 0.3) is 0 Å². The number of benzene rings is 2. The Morgan fingerprint density at radius 2 is 1.62 bits per heavy atom. The number of amides is 2. The van der Waals surface area contributed by atoms with Gasteiger partial charge in [-0.1, -0.05) is 34.8 Å². The van der Waals surface area contributed by atoms with Crippen molar-refractivity contribution >= 4 is 58.0 Å². The molecular weight excluding hydrogens is 473 g/mol. The van der Waals surface area contributed by atoms with Crippen LogP contribution in [-0.4, -0.2) is 17.5 Å².